The molecular weight excluding hydrogens is 432 g/mol. The molecule has 0 fully saturated rings. The number of aromatic hydroxyl groups is 2. The normalized spacial score (nSPS) is 11.0. The van der Waals surface area contributed by atoms with Crippen LogP contribution >= 0.6 is 12.6 Å². The van der Waals surface area contributed by atoms with Crippen molar-refractivity contribution in [2.45, 2.75) is 19.4 Å². The van der Waals surface area contributed by atoms with Crippen molar-refractivity contribution >= 4 is 24.6 Å². The molecule has 166 valence electrons. The van der Waals surface area contributed by atoms with E-state index in [0.29, 0.717) is 16.7 Å². The minimum atomic E-state index is -0.523. The molecule has 6 heteroatoms. The summed E-state index contributed by atoms with van der Waals surface area (Å²) in [4.78, 5) is 13.3. The second-order valence-corrected chi connectivity index (χ2v) is 8.17. The summed E-state index contributed by atoms with van der Waals surface area (Å²) in [5.74, 6) is -1.13. The van der Waals surface area contributed by atoms with Gasteiger partial charge < -0.3 is 15.5 Å². The number of nitriles is 1. The van der Waals surface area contributed by atoms with E-state index in [4.69, 9.17) is 0 Å². The Labute approximate surface area is 198 Å². The van der Waals surface area contributed by atoms with E-state index in [2.05, 4.69) is 24.5 Å². The van der Waals surface area contributed by atoms with Crippen LogP contribution in [0.25, 0.3) is 17.2 Å². The molecule has 0 saturated heterocycles. The van der Waals surface area contributed by atoms with Gasteiger partial charge in [0.1, 0.15) is 11.6 Å². The Kier molecular flexibility index (Phi) is 7.96. The van der Waals surface area contributed by atoms with Crippen LogP contribution in [0.3, 0.4) is 0 Å². The summed E-state index contributed by atoms with van der Waals surface area (Å²) in [5.41, 5.74) is 3.41. The van der Waals surface area contributed by atoms with E-state index in [1.165, 1.54) is 12.1 Å². The van der Waals surface area contributed by atoms with Crippen molar-refractivity contribution in [2.75, 3.05) is 0 Å². The van der Waals surface area contributed by atoms with Crippen LogP contribution in [0.15, 0.2) is 83.8 Å². The Bertz CT molecular complexity index is 1230. The maximum absolute atomic E-state index is 12.5. The highest BCUT2D eigenvalue weighted by Crippen LogP contribution is 2.38. The summed E-state index contributed by atoms with van der Waals surface area (Å²) < 4.78 is 0. The van der Waals surface area contributed by atoms with Crippen LogP contribution in [-0.4, -0.2) is 16.1 Å². The summed E-state index contributed by atoms with van der Waals surface area (Å²) >= 11 is 4.21. The largest absolute Gasteiger partial charge is 0.504 e. The molecule has 0 unspecified atom stereocenters. The first-order valence-corrected chi connectivity index (χ1v) is 10.8. The van der Waals surface area contributed by atoms with Crippen molar-refractivity contribution in [2.24, 2.45) is 0 Å². The molecule has 0 bridgehead atoms. The van der Waals surface area contributed by atoms with Crippen LogP contribution in [0.4, 0.5) is 0 Å². The Hall–Kier alpha value is -3.95. The van der Waals surface area contributed by atoms with Crippen LogP contribution < -0.4 is 5.32 Å². The number of phenolic OH excluding ortho intramolecular Hbond substituents is 2. The van der Waals surface area contributed by atoms with Crippen molar-refractivity contribution in [1.29, 1.82) is 5.26 Å². The average Bonchev–Trinajstić information content (AvgIpc) is 2.82. The fraction of sp³-hybridized carbons (Fsp3) is 0.111. The summed E-state index contributed by atoms with van der Waals surface area (Å²) in [6.07, 6.45) is 2.94. The van der Waals surface area contributed by atoms with Gasteiger partial charge in [-0.3, -0.25) is 4.79 Å². The summed E-state index contributed by atoms with van der Waals surface area (Å²) in [6.45, 7) is 4.07. The highest BCUT2D eigenvalue weighted by atomic mass is 32.1. The second kappa shape index (κ2) is 11.1. The predicted octanol–water partition coefficient (Wildman–Crippen LogP) is 5.36. The van der Waals surface area contributed by atoms with Gasteiger partial charge in [0, 0.05) is 12.1 Å². The van der Waals surface area contributed by atoms with Crippen LogP contribution in [-0.2, 0) is 17.8 Å². The molecule has 3 aromatic rings. The standard InChI is InChI=1S/C27H24N2O3S/c1-18(33)7-8-19-9-11-22(12-10-19)24-14-21(15-25(30)26(24)31)13-23(16-28)27(32)29-17-20-5-3-2-4-6-20/h2-6,9-15,30-31,33H,1,7-8,17H2,(H,29,32). The molecule has 3 aromatic carbocycles. The number of benzene rings is 3. The van der Waals surface area contributed by atoms with Gasteiger partial charge in [-0.1, -0.05) is 61.2 Å². The molecule has 3 rings (SSSR count). The molecule has 0 aliphatic rings. The van der Waals surface area contributed by atoms with Crippen LogP contribution in [0.5, 0.6) is 11.5 Å². The number of rotatable bonds is 8. The lowest BCUT2D eigenvalue weighted by Gasteiger charge is -2.10. The van der Waals surface area contributed by atoms with Crippen molar-refractivity contribution in [1.82, 2.24) is 5.32 Å². The SMILES string of the molecule is C=C(S)CCc1ccc(-c2cc(C=C(C#N)C(=O)NCc3ccccc3)cc(O)c2O)cc1. The van der Waals surface area contributed by atoms with Gasteiger partial charge in [-0.25, -0.2) is 0 Å². The van der Waals surface area contributed by atoms with E-state index in [0.717, 1.165) is 28.9 Å². The molecule has 5 nitrogen and oxygen atoms in total. The molecular formula is C27H24N2O3S. The third-order valence-corrected chi connectivity index (χ3v) is 5.27. The third kappa shape index (κ3) is 6.52. The summed E-state index contributed by atoms with van der Waals surface area (Å²) in [6, 6.07) is 21.8. The first-order chi connectivity index (χ1) is 15.9. The Balaban J connectivity index is 1.83. The number of phenols is 2. The van der Waals surface area contributed by atoms with E-state index in [9.17, 15) is 20.3 Å². The fourth-order valence-corrected chi connectivity index (χ4v) is 3.38. The first-order valence-electron chi connectivity index (χ1n) is 10.3. The van der Waals surface area contributed by atoms with Crippen molar-refractivity contribution in [3.05, 3.63) is 100 Å². The van der Waals surface area contributed by atoms with Gasteiger partial charge in [-0.15, -0.1) is 12.6 Å². The van der Waals surface area contributed by atoms with Gasteiger partial charge in [-0.05, 0) is 58.2 Å². The number of thiol groups is 1. The minimum absolute atomic E-state index is 0.107. The molecule has 0 heterocycles. The number of allylic oxidation sites excluding steroid dienone is 1. The van der Waals surface area contributed by atoms with E-state index < -0.39 is 5.91 Å². The van der Waals surface area contributed by atoms with Crippen molar-refractivity contribution in [3.63, 3.8) is 0 Å². The minimum Gasteiger partial charge on any atom is -0.504 e. The molecule has 0 radical (unpaired) electrons. The summed E-state index contributed by atoms with van der Waals surface area (Å²) in [5, 5.41) is 32.8. The zero-order valence-corrected chi connectivity index (χ0v) is 18.8. The molecule has 0 saturated carbocycles. The van der Waals surface area contributed by atoms with Crippen molar-refractivity contribution in [3.8, 4) is 28.7 Å². The Morgan fingerprint density at radius 3 is 2.39 bits per heavy atom. The monoisotopic (exact) mass is 456 g/mol. The predicted molar refractivity (Wildman–Crippen MR) is 134 cm³/mol. The number of nitrogens with one attached hydrogen (secondary N) is 1. The topological polar surface area (TPSA) is 93.4 Å². The number of hydrogen-bond donors (Lipinski definition) is 4. The van der Waals surface area contributed by atoms with E-state index in [1.54, 1.807) is 6.07 Å². The number of carbonyl (C=O) groups is 1. The lowest BCUT2D eigenvalue weighted by molar-refractivity contribution is -0.117. The van der Waals surface area contributed by atoms with Gasteiger partial charge in [0.05, 0.1) is 0 Å². The highest BCUT2D eigenvalue weighted by molar-refractivity contribution is 7.84. The van der Waals surface area contributed by atoms with Crippen LogP contribution in [0, 0.1) is 11.3 Å². The quantitative estimate of drug-likeness (QED) is 0.159. The second-order valence-electron chi connectivity index (χ2n) is 7.54. The third-order valence-electron chi connectivity index (χ3n) is 5.05. The highest BCUT2D eigenvalue weighted by Gasteiger charge is 2.14. The molecule has 0 aliphatic heterocycles. The zero-order chi connectivity index (χ0) is 23.8. The number of nitrogens with zero attached hydrogens (tertiary/aromatic N) is 1. The fourth-order valence-electron chi connectivity index (χ4n) is 3.27. The molecule has 0 aliphatic carbocycles. The summed E-state index contributed by atoms with van der Waals surface area (Å²) in [7, 11) is 0. The van der Waals surface area contributed by atoms with Gasteiger partial charge in [0.25, 0.3) is 5.91 Å². The van der Waals surface area contributed by atoms with Gasteiger partial charge in [0.15, 0.2) is 11.5 Å². The van der Waals surface area contributed by atoms with E-state index >= 15 is 0 Å². The maximum Gasteiger partial charge on any atom is 0.262 e. The molecule has 3 N–H and O–H groups in total. The number of aryl methyl sites for hydroxylation is 1. The smallest absolute Gasteiger partial charge is 0.262 e. The maximum atomic E-state index is 12.5. The lowest BCUT2D eigenvalue weighted by atomic mass is 9.98. The molecule has 0 spiro atoms. The molecule has 33 heavy (non-hydrogen) atoms. The van der Waals surface area contributed by atoms with Crippen LogP contribution in [0.1, 0.15) is 23.1 Å². The molecule has 1 amide bonds. The van der Waals surface area contributed by atoms with Gasteiger partial charge in [-0.2, -0.15) is 5.26 Å². The number of amides is 1. The first kappa shape index (κ1) is 23.7. The molecule has 0 atom stereocenters. The van der Waals surface area contributed by atoms with E-state index in [1.807, 2.05) is 60.7 Å². The van der Waals surface area contributed by atoms with Crippen LogP contribution in [0.2, 0.25) is 0 Å². The van der Waals surface area contributed by atoms with Gasteiger partial charge in [0.2, 0.25) is 0 Å². The number of hydrogen-bond acceptors (Lipinski definition) is 5. The zero-order valence-electron chi connectivity index (χ0n) is 18.0. The van der Waals surface area contributed by atoms with Gasteiger partial charge >= 0.3 is 0 Å². The lowest BCUT2D eigenvalue weighted by Crippen LogP contribution is -2.23. The van der Waals surface area contributed by atoms with Crippen molar-refractivity contribution < 1.29 is 15.0 Å². The van der Waals surface area contributed by atoms with E-state index in [-0.39, 0.29) is 23.6 Å². The molecule has 0 aromatic heterocycles. The average molecular weight is 457 g/mol. The Morgan fingerprint density at radius 2 is 1.76 bits per heavy atom. The Morgan fingerprint density at radius 1 is 1.06 bits per heavy atom. The number of carbonyl (C=O) groups excluding carboxylic acids is 1.